The van der Waals surface area contributed by atoms with Gasteiger partial charge in [-0.05, 0) is 28.3 Å². The molecule has 1 heteroatoms. The van der Waals surface area contributed by atoms with Gasteiger partial charge in [-0.1, -0.05) is 49.1 Å². The highest BCUT2D eigenvalue weighted by molar-refractivity contribution is 5.89. The van der Waals surface area contributed by atoms with Crippen LogP contribution >= 0.6 is 0 Å². The Labute approximate surface area is 102 Å². The normalized spacial score (nSPS) is 10.4. The molecule has 0 spiro atoms. The standard InChI is InChI=1S/C16H16O/c1-3-6-13-7-4-10-16-14(11-12(2)17)8-5-9-15(13)16/h3-5,7-10,17H,1-2,6,11H2. The number of aliphatic hydroxyl groups is 1. The molecule has 1 nitrogen and oxygen atoms in total. The maximum absolute atomic E-state index is 9.33. The fourth-order valence-corrected chi connectivity index (χ4v) is 2.15. The molecule has 0 saturated heterocycles. The van der Waals surface area contributed by atoms with Gasteiger partial charge in [0.05, 0.1) is 5.76 Å². The molecule has 0 unspecified atom stereocenters. The number of aliphatic hydroxyl groups excluding tert-OH is 1. The van der Waals surface area contributed by atoms with Crippen molar-refractivity contribution in [3.05, 3.63) is 72.5 Å². The van der Waals surface area contributed by atoms with Crippen LogP contribution in [0.3, 0.4) is 0 Å². The van der Waals surface area contributed by atoms with Crippen LogP contribution in [0.25, 0.3) is 10.8 Å². The minimum atomic E-state index is 0.201. The summed E-state index contributed by atoms with van der Waals surface area (Å²) in [6, 6.07) is 12.4. The smallest absolute Gasteiger partial charge is 0.0895 e. The van der Waals surface area contributed by atoms with Gasteiger partial charge in [-0.15, -0.1) is 6.58 Å². The van der Waals surface area contributed by atoms with Crippen LogP contribution in [0, 0.1) is 0 Å². The Hall–Kier alpha value is -2.02. The summed E-state index contributed by atoms with van der Waals surface area (Å²) in [5.74, 6) is 0.201. The molecule has 2 aromatic carbocycles. The summed E-state index contributed by atoms with van der Waals surface area (Å²) >= 11 is 0. The van der Waals surface area contributed by atoms with Crippen molar-refractivity contribution in [3.8, 4) is 0 Å². The summed E-state index contributed by atoms with van der Waals surface area (Å²) in [4.78, 5) is 0. The average Bonchev–Trinajstić information content (AvgIpc) is 2.30. The zero-order valence-electron chi connectivity index (χ0n) is 9.82. The predicted molar refractivity (Wildman–Crippen MR) is 73.3 cm³/mol. The highest BCUT2D eigenvalue weighted by Crippen LogP contribution is 2.24. The third kappa shape index (κ3) is 2.39. The average molecular weight is 224 g/mol. The molecule has 86 valence electrons. The van der Waals surface area contributed by atoms with Crippen molar-refractivity contribution in [3.63, 3.8) is 0 Å². The number of benzene rings is 2. The Morgan fingerprint density at radius 1 is 1.06 bits per heavy atom. The molecule has 0 fully saturated rings. The van der Waals surface area contributed by atoms with Gasteiger partial charge in [-0.25, -0.2) is 0 Å². The van der Waals surface area contributed by atoms with Gasteiger partial charge >= 0.3 is 0 Å². The minimum Gasteiger partial charge on any atom is -0.513 e. The first-order valence-electron chi connectivity index (χ1n) is 5.69. The predicted octanol–water partition coefficient (Wildman–Crippen LogP) is 4.18. The van der Waals surface area contributed by atoms with E-state index in [4.69, 9.17) is 0 Å². The SMILES string of the molecule is C=CCc1cccc2c(CC(=C)O)cccc12. The third-order valence-electron chi connectivity index (χ3n) is 2.86. The van der Waals surface area contributed by atoms with Gasteiger partial charge in [0.25, 0.3) is 0 Å². The van der Waals surface area contributed by atoms with Gasteiger partial charge in [-0.2, -0.15) is 0 Å². The van der Waals surface area contributed by atoms with Crippen LogP contribution in [-0.2, 0) is 12.8 Å². The molecule has 0 aliphatic heterocycles. The summed E-state index contributed by atoms with van der Waals surface area (Å²) in [5, 5.41) is 11.7. The van der Waals surface area contributed by atoms with Crippen molar-refractivity contribution in [2.24, 2.45) is 0 Å². The third-order valence-corrected chi connectivity index (χ3v) is 2.86. The first kappa shape index (κ1) is 11.5. The molecule has 0 bridgehead atoms. The Kier molecular flexibility index (Phi) is 3.29. The maximum atomic E-state index is 9.33. The van der Waals surface area contributed by atoms with Gasteiger partial charge in [0, 0.05) is 6.42 Å². The van der Waals surface area contributed by atoms with Crippen LogP contribution < -0.4 is 0 Å². The van der Waals surface area contributed by atoms with Crippen LogP contribution in [-0.4, -0.2) is 5.11 Å². The lowest BCUT2D eigenvalue weighted by atomic mass is 9.97. The molecule has 2 aromatic rings. The Balaban J connectivity index is 2.60. The second-order valence-corrected chi connectivity index (χ2v) is 4.17. The van der Waals surface area contributed by atoms with E-state index in [0.29, 0.717) is 6.42 Å². The van der Waals surface area contributed by atoms with Crippen molar-refractivity contribution in [2.45, 2.75) is 12.8 Å². The number of rotatable bonds is 4. The highest BCUT2D eigenvalue weighted by atomic mass is 16.3. The summed E-state index contributed by atoms with van der Waals surface area (Å²) in [6.07, 6.45) is 3.28. The monoisotopic (exact) mass is 224 g/mol. The van der Waals surface area contributed by atoms with Gasteiger partial charge in [0.2, 0.25) is 0 Å². The molecular weight excluding hydrogens is 208 g/mol. The van der Waals surface area contributed by atoms with E-state index in [0.717, 1.165) is 12.0 Å². The van der Waals surface area contributed by atoms with Crippen molar-refractivity contribution < 1.29 is 5.11 Å². The number of fused-ring (bicyclic) bond motifs is 1. The van der Waals surface area contributed by atoms with E-state index in [1.54, 1.807) is 0 Å². The van der Waals surface area contributed by atoms with E-state index in [1.165, 1.54) is 16.3 Å². The quantitative estimate of drug-likeness (QED) is 0.610. The molecule has 0 aromatic heterocycles. The van der Waals surface area contributed by atoms with Crippen LogP contribution in [0.2, 0.25) is 0 Å². The van der Waals surface area contributed by atoms with Gasteiger partial charge in [0.1, 0.15) is 0 Å². The summed E-state index contributed by atoms with van der Waals surface area (Å²) in [7, 11) is 0. The Morgan fingerprint density at radius 3 is 2.24 bits per heavy atom. The Bertz CT molecular complexity index is 567. The van der Waals surface area contributed by atoms with Crippen LogP contribution in [0.1, 0.15) is 11.1 Å². The molecule has 0 atom stereocenters. The fourth-order valence-electron chi connectivity index (χ4n) is 2.15. The first-order chi connectivity index (χ1) is 8.22. The topological polar surface area (TPSA) is 20.2 Å². The largest absolute Gasteiger partial charge is 0.513 e. The van der Waals surface area contributed by atoms with Crippen LogP contribution in [0.15, 0.2) is 61.4 Å². The molecule has 1 N–H and O–H groups in total. The lowest BCUT2D eigenvalue weighted by molar-refractivity contribution is 0.402. The second-order valence-electron chi connectivity index (χ2n) is 4.17. The maximum Gasteiger partial charge on any atom is 0.0895 e. The first-order valence-corrected chi connectivity index (χ1v) is 5.69. The lowest BCUT2D eigenvalue weighted by Gasteiger charge is -2.09. The van der Waals surface area contributed by atoms with Gasteiger partial charge in [-0.3, -0.25) is 0 Å². The van der Waals surface area contributed by atoms with E-state index in [2.05, 4.69) is 31.4 Å². The van der Waals surface area contributed by atoms with E-state index < -0.39 is 0 Å². The Morgan fingerprint density at radius 2 is 1.65 bits per heavy atom. The van der Waals surface area contributed by atoms with E-state index in [1.807, 2.05) is 24.3 Å². The zero-order chi connectivity index (χ0) is 12.3. The van der Waals surface area contributed by atoms with E-state index in [9.17, 15) is 5.11 Å². The van der Waals surface area contributed by atoms with E-state index >= 15 is 0 Å². The summed E-state index contributed by atoms with van der Waals surface area (Å²) < 4.78 is 0. The highest BCUT2D eigenvalue weighted by Gasteiger charge is 2.04. The van der Waals surface area contributed by atoms with Crippen molar-refractivity contribution in [1.29, 1.82) is 0 Å². The number of allylic oxidation sites excluding steroid dienone is 2. The summed E-state index contributed by atoms with van der Waals surface area (Å²) in [6.45, 7) is 7.33. The number of hydrogen-bond donors (Lipinski definition) is 1. The molecule has 0 heterocycles. The van der Waals surface area contributed by atoms with Gasteiger partial charge in [0.15, 0.2) is 0 Å². The molecule has 0 aliphatic carbocycles. The summed E-state index contributed by atoms with van der Waals surface area (Å²) in [5.41, 5.74) is 2.38. The van der Waals surface area contributed by atoms with Crippen molar-refractivity contribution in [2.75, 3.05) is 0 Å². The van der Waals surface area contributed by atoms with Gasteiger partial charge < -0.3 is 5.11 Å². The molecule has 2 rings (SSSR count). The lowest BCUT2D eigenvalue weighted by Crippen LogP contribution is -1.92. The fraction of sp³-hybridized carbons (Fsp3) is 0.125. The zero-order valence-corrected chi connectivity index (χ0v) is 9.82. The van der Waals surface area contributed by atoms with Crippen LogP contribution in [0.5, 0.6) is 0 Å². The van der Waals surface area contributed by atoms with Crippen molar-refractivity contribution >= 4 is 10.8 Å². The molecule has 0 aliphatic rings. The molecule has 17 heavy (non-hydrogen) atoms. The van der Waals surface area contributed by atoms with E-state index in [-0.39, 0.29) is 5.76 Å². The van der Waals surface area contributed by atoms with Crippen LogP contribution in [0.4, 0.5) is 0 Å². The number of hydrogen-bond acceptors (Lipinski definition) is 1. The molecule has 0 saturated carbocycles. The molecular formula is C16H16O. The minimum absolute atomic E-state index is 0.201. The second kappa shape index (κ2) is 4.88. The molecule has 0 radical (unpaired) electrons. The molecule has 0 amide bonds. The van der Waals surface area contributed by atoms with Crippen molar-refractivity contribution in [1.82, 2.24) is 0 Å².